The van der Waals surface area contributed by atoms with Crippen LogP contribution in [0.1, 0.15) is 26.7 Å². The van der Waals surface area contributed by atoms with Gasteiger partial charge >= 0.3 is 5.97 Å². The Morgan fingerprint density at radius 1 is 1.35 bits per heavy atom. The standard InChI is InChI=1S/C14H20O3/c1-7(2)9-5-10-8(3)13(15)11(9)6-12(10)14(16)17-4/h8-12H,1,5-6H2,2-4H3/t8?,9-,10+,11-,12+/m0/s1. The molecule has 0 spiro atoms. The first-order chi connectivity index (χ1) is 7.97. The Kier molecular flexibility index (Phi) is 3.11. The molecule has 0 heterocycles. The number of ketones is 1. The number of allylic oxidation sites excluding steroid dienone is 1. The Balaban J connectivity index is 2.26. The summed E-state index contributed by atoms with van der Waals surface area (Å²) in [5.41, 5.74) is 1.07. The summed E-state index contributed by atoms with van der Waals surface area (Å²) in [7, 11) is 1.42. The summed E-state index contributed by atoms with van der Waals surface area (Å²) in [6, 6.07) is 0. The van der Waals surface area contributed by atoms with Crippen molar-refractivity contribution in [2.75, 3.05) is 7.11 Å². The van der Waals surface area contributed by atoms with Crippen molar-refractivity contribution in [2.45, 2.75) is 26.7 Å². The molecule has 1 unspecified atom stereocenters. The van der Waals surface area contributed by atoms with Crippen molar-refractivity contribution in [2.24, 2.45) is 29.6 Å². The normalized spacial score (nSPS) is 40.2. The molecule has 3 fully saturated rings. The molecule has 3 saturated carbocycles. The van der Waals surface area contributed by atoms with Gasteiger partial charge in [0.25, 0.3) is 0 Å². The molecule has 0 aromatic carbocycles. The van der Waals surface area contributed by atoms with Gasteiger partial charge in [-0.15, -0.1) is 0 Å². The van der Waals surface area contributed by atoms with Crippen LogP contribution in [0.2, 0.25) is 0 Å². The number of carbonyl (C=O) groups excluding carboxylic acids is 2. The second kappa shape index (κ2) is 4.28. The van der Waals surface area contributed by atoms with Crippen LogP contribution in [-0.4, -0.2) is 18.9 Å². The fourth-order valence-corrected chi connectivity index (χ4v) is 3.62. The highest BCUT2D eigenvalue weighted by Crippen LogP contribution is 2.51. The summed E-state index contributed by atoms with van der Waals surface area (Å²) in [5.74, 6) is 0.457. The van der Waals surface area contributed by atoms with Crippen molar-refractivity contribution >= 4 is 11.8 Å². The average molecular weight is 236 g/mol. The fraction of sp³-hybridized carbons (Fsp3) is 0.714. The van der Waals surface area contributed by atoms with E-state index in [4.69, 9.17) is 4.74 Å². The molecule has 0 radical (unpaired) electrons. The third-order valence-electron chi connectivity index (χ3n) is 4.63. The maximum absolute atomic E-state index is 12.2. The van der Waals surface area contributed by atoms with E-state index in [2.05, 4.69) is 6.58 Å². The van der Waals surface area contributed by atoms with E-state index in [0.717, 1.165) is 12.0 Å². The molecule has 3 rings (SSSR count). The van der Waals surface area contributed by atoms with Crippen molar-refractivity contribution < 1.29 is 14.3 Å². The highest BCUT2D eigenvalue weighted by Gasteiger charge is 2.53. The van der Waals surface area contributed by atoms with Gasteiger partial charge in [-0.2, -0.15) is 0 Å². The molecule has 0 aromatic rings. The second-order valence-electron chi connectivity index (χ2n) is 5.52. The fourth-order valence-electron chi connectivity index (χ4n) is 3.62. The second-order valence-corrected chi connectivity index (χ2v) is 5.52. The van der Waals surface area contributed by atoms with Crippen molar-refractivity contribution in [1.29, 1.82) is 0 Å². The molecule has 3 aliphatic carbocycles. The van der Waals surface area contributed by atoms with Gasteiger partial charge in [-0.25, -0.2) is 0 Å². The molecular weight excluding hydrogens is 216 g/mol. The number of carbonyl (C=O) groups is 2. The zero-order valence-corrected chi connectivity index (χ0v) is 10.7. The molecular formula is C14H20O3. The minimum Gasteiger partial charge on any atom is -0.469 e. The number of hydrogen-bond donors (Lipinski definition) is 0. The molecule has 3 aliphatic rings. The Morgan fingerprint density at radius 3 is 2.53 bits per heavy atom. The number of Topliss-reactive ketones (excluding diaryl/α,β-unsaturated/α-hetero) is 1. The minimum atomic E-state index is -0.153. The van der Waals surface area contributed by atoms with Gasteiger partial charge in [0.05, 0.1) is 13.0 Å². The lowest BCUT2D eigenvalue weighted by atomic mass is 9.54. The van der Waals surface area contributed by atoms with Gasteiger partial charge in [0.15, 0.2) is 0 Å². The molecule has 0 amide bonds. The lowest BCUT2D eigenvalue weighted by Crippen LogP contribution is -2.51. The molecule has 3 heteroatoms. The first-order valence-corrected chi connectivity index (χ1v) is 6.24. The largest absolute Gasteiger partial charge is 0.469 e. The first-order valence-electron chi connectivity index (χ1n) is 6.24. The molecule has 0 N–H and O–H groups in total. The number of methoxy groups -OCH3 is 1. The van der Waals surface area contributed by atoms with Crippen molar-refractivity contribution in [3.05, 3.63) is 12.2 Å². The molecule has 2 bridgehead atoms. The Morgan fingerprint density at radius 2 is 2.00 bits per heavy atom. The van der Waals surface area contributed by atoms with Gasteiger partial charge in [0.1, 0.15) is 5.78 Å². The number of rotatable bonds is 2. The summed E-state index contributed by atoms with van der Waals surface area (Å²) in [6.45, 7) is 7.91. The van der Waals surface area contributed by atoms with Crippen LogP contribution in [0.15, 0.2) is 12.2 Å². The zero-order chi connectivity index (χ0) is 12.7. The van der Waals surface area contributed by atoms with Crippen LogP contribution in [-0.2, 0) is 14.3 Å². The molecule has 0 aromatic heterocycles. The van der Waals surface area contributed by atoms with Crippen molar-refractivity contribution in [1.82, 2.24) is 0 Å². The van der Waals surface area contributed by atoms with Gasteiger partial charge in [-0.05, 0) is 31.6 Å². The number of hydrogen-bond acceptors (Lipinski definition) is 3. The van der Waals surface area contributed by atoms with Gasteiger partial charge < -0.3 is 4.74 Å². The van der Waals surface area contributed by atoms with E-state index in [1.165, 1.54) is 7.11 Å². The monoisotopic (exact) mass is 236 g/mol. The van der Waals surface area contributed by atoms with E-state index in [0.29, 0.717) is 12.2 Å². The summed E-state index contributed by atoms with van der Waals surface area (Å²) < 4.78 is 4.85. The molecule has 0 saturated heterocycles. The van der Waals surface area contributed by atoms with E-state index in [9.17, 15) is 9.59 Å². The highest BCUT2D eigenvalue weighted by molar-refractivity contribution is 5.88. The van der Waals surface area contributed by atoms with Gasteiger partial charge in [-0.1, -0.05) is 19.1 Å². The SMILES string of the molecule is C=C(C)[C@@H]1C[C@@H]2C(C)C(=O)[C@H]1C[C@H]2C(=O)OC. The van der Waals surface area contributed by atoms with E-state index in [1.807, 2.05) is 13.8 Å². The number of fused-ring (bicyclic) bond motifs is 3. The van der Waals surface area contributed by atoms with Crippen molar-refractivity contribution in [3.63, 3.8) is 0 Å². The van der Waals surface area contributed by atoms with Crippen LogP contribution in [0.5, 0.6) is 0 Å². The Hall–Kier alpha value is -1.12. The molecule has 5 atom stereocenters. The third-order valence-corrected chi connectivity index (χ3v) is 4.63. The average Bonchev–Trinajstić information content (AvgIpc) is 2.32. The smallest absolute Gasteiger partial charge is 0.308 e. The number of esters is 1. The van der Waals surface area contributed by atoms with Gasteiger partial charge in [-0.3, -0.25) is 9.59 Å². The van der Waals surface area contributed by atoms with Gasteiger partial charge in [0, 0.05) is 11.8 Å². The molecule has 94 valence electrons. The third kappa shape index (κ3) is 1.81. The van der Waals surface area contributed by atoms with Crippen LogP contribution < -0.4 is 0 Å². The van der Waals surface area contributed by atoms with Crippen molar-refractivity contribution in [3.8, 4) is 0 Å². The summed E-state index contributed by atoms with van der Waals surface area (Å²) in [5, 5.41) is 0. The topological polar surface area (TPSA) is 43.4 Å². The van der Waals surface area contributed by atoms with Crippen LogP contribution in [0.4, 0.5) is 0 Å². The van der Waals surface area contributed by atoms with Crippen LogP contribution in [0, 0.1) is 29.6 Å². The summed E-state index contributed by atoms with van der Waals surface area (Å²) in [6.07, 6.45) is 1.56. The molecule has 17 heavy (non-hydrogen) atoms. The predicted octanol–water partition coefficient (Wildman–Crippen LogP) is 2.21. The van der Waals surface area contributed by atoms with E-state index in [-0.39, 0.29) is 35.6 Å². The lowest BCUT2D eigenvalue weighted by Gasteiger charge is -2.48. The Bertz CT molecular complexity index is 372. The van der Waals surface area contributed by atoms with Gasteiger partial charge in [0.2, 0.25) is 0 Å². The van der Waals surface area contributed by atoms with E-state index in [1.54, 1.807) is 0 Å². The van der Waals surface area contributed by atoms with Crippen LogP contribution in [0.3, 0.4) is 0 Å². The molecule has 0 aliphatic heterocycles. The highest BCUT2D eigenvalue weighted by atomic mass is 16.5. The zero-order valence-electron chi connectivity index (χ0n) is 10.7. The van der Waals surface area contributed by atoms with Crippen LogP contribution >= 0.6 is 0 Å². The van der Waals surface area contributed by atoms with Crippen LogP contribution in [0.25, 0.3) is 0 Å². The number of ether oxygens (including phenoxy) is 1. The summed E-state index contributed by atoms with van der Waals surface area (Å²) in [4.78, 5) is 23.9. The maximum atomic E-state index is 12.2. The quantitative estimate of drug-likeness (QED) is 0.545. The molecule has 3 nitrogen and oxygen atoms in total. The minimum absolute atomic E-state index is 0.00606. The first kappa shape index (κ1) is 12.3. The van der Waals surface area contributed by atoms with E-state index >= 15 is 0 Å². The lowest BCUT2D eigenvalue weighted by molar-refractivity contribution is -0.159. The van der Waals surface area contributed by atoms with E-state index < -0.39 is 0 Å². The Labute approximate surface area is 102 Å². The maximum Gasteiger partial charge on any atom is 0.308 e. The predicted molar refractivity (Wildman–Crippen MR) is 64.2 cm³/mol. The summed E-state index contributed by atoms with van der Waals surface area (Å²) >= 11 is 0.